The van der Waals surface area contributed by atoms with Crippen LogP contribution in [0.4, 0.5) is 0 Å². The minimum absolute atomic E-state index is 0.0132. The minimum atomic E-state index is -1.38. The van der Waals surface area contributed by atoms with Gasteiger partial charge >= 0.3 is 5.97 Å². The van der Waals surface area contributed by atoms with Crippen molar-refractivity contribution in [2.45, 2.75) is 102 Å². The van der Waals surface area contributed by atoms with E-state index in [0.29, 0.717) is 81.7 Å². The van der Waals surface area contributed by atoms with Crippen molar-refractivity contribution in [3.05, 3.63) is 86.0 Å². The van der Waals surface area contributed by atoms with Gasteiger partial charge in [0.25, 0.3) is 0 Å². The smallest absolute Gasteiger partial charge is 0.345 e. The van der Waals surface area contributed by atoms with Gasteiger partial charge in [-0.05, 0) is 112 Å². The summed E-state index contributed by atoms with van der Waals surface area (Å²) in [4.78, 5) is 38.7. The van der Waals surface area contributed by atoms with Crippen molar-refractivity contribution in [3.8, 4) is 34.3 Å². The van der Waals surface area contributed by atoms with E-state index >= 15 is 0 Å². The topological polar surface area (TPSA) is 160 Å². The lowest BCUT2D eigenvalue weighted by molar-refractivity contribution is -0.145. The lowest BCUT2D eigenvalue weighted by Gasteiger charge is -2.35. The van der Waals surface area contributed by atoms with Crippen LogP contribution in [0, 0.1) is 13.8 Å². The molecular weight excluding hydrogens is 956 g/mol. The standard InChI is InChI=1S/C52H60Cl2N6O9S/c1-30-42-31(2)46(54)47(45(30)53)68-38(24-60-18-16-59(3)17-19-60)27-66-37-12-13-40(67-25-35-14-15-55-49(58-35)33-8-10-36(11-9-33)65-28-39-26-63-20-21-64-39)34(22-37)23-41(52(61)62)69-50-44-43(42)48(32-6-4-5-7-32)70-51(44)57-29-56-50/h6,12-15,22,29,33,36,38-39,41H,4-5,7-11,16-21,23-28H2,1-3H3,(H,61,62)/t33?,36?,38-,39?,41-/m1/s1. The second kappa shape index (κ2) is 22.0. The summed E-state index contributed by atoms with van der Waals surface area (Å²) in [5.74, 6) is 1.33. The van der Waals surface area contributed by atoms with Gasteiger partial charge in [-0.1, -0.05) is 29.3 Å². The normalized spacial score (nSPS) is 23.6. The zero-order valence-corrected chi connectivity index (χ0v) is 42.3. The summed E-state index contributed by atoms with van der Waals surface area (Å²) in [7, 11) is 2.13. The van der Waals surface area contributed by atoms with E-state index in [4.69, 9.17) is 66.3 Å². The monoisotopic (exact) mass is 1010 g/mol. The third-order valence-corrected chi connectivity index (χ3v) is 16.2. The summed E-state index contributed by atoms with van der Waals surface area (Å²) in [6, 6.07) is 7.30. The van der Waals surface area contributed by atoms with Gasteiger partial charge in [-0.25, -0.2) is 24.7 Å². The number of hydrogen-bond donors (Lipinski definition) is 1. The lowest BCUT2D eigenvalue weighted by atomic mass is 9.86. The number of likely N-dealkylation sites (N-methyl/N-ethyl adjacent to an activating group) is 1. The molecule has 11 rings (SSSR count). The van der Waals surface area contributed by atoms with Gasteiger partial charge in [0.05, 0.1) is 53.7 Å². The highest BCUT2D eigenvalue weighted by Crippen LogP contribution is 2.53. The van der Waals surface area contributed by atoms with Crippen LogP contribution in [-0.2, 0) is 32.0 Å². The molecule has 1 unspecified atom stereocenters. The van der Waals surface area contributed by atoms with Crippen molar-refractivity contribution < 1.29 is 43.1 Å². The van der Waals surface area contributed by atoms with Crippen LogP contribution in [0.15, 0.2) is 42.9 Å². The number of thiophene rings is 1. The molecule has 18 heteroatoms. The number of allylic oxidation sites excluding steroid dienone is 2. The third kappa shape index (κ3) is 10.9. The summed E-state index contributed by atoms with van der Waals surface area (Å²) in [5.41, 5.74) is 5.63. The molecule has 2 saturated heterocycles. The maximum atomic E-state index is 13.4. The summed E-state index contributed by atoms with van der Waals surface area (Å²) < 4.78 is 44.1. The molecule has 2 aliphatic carbocycles. The highest BCUT2D eigenvalue weighted by atomic mass is 35.5. The van der Waals surface area contributed by atoms with E-state index in [9.17, 15) is 9.90 Å². The molecule has 0 radical (unpaired) electrons. The molecule has 2 aromatic carbocycles. The maximum Gasteiger partial charge on any atom is 0.345 e. The van der Waals surface area contributed by atoms with Crippen molar-refractivity contribution in [2.75, 3.05) is 72.8 Å². The predicted octanol–water partition coefficient (Wildman–Crippen LogP) is 9.14. The molecular formula is C52H60Cl2N6O9S. The van der Waals surface area contributed by atoms with Crippen LogP contribution in [-0.4, -0.2) is 138 Å². The van der Waals surface area contributed by atoms with Crippen LogP contribution in [0.2, 0.25) is 10.0 Å². The molecule has 4 bridgehead atoms. The number of carboxylic acids is 1. The number of carbonyl (C=O) groups is 1. The van der Waals surface area contributed by atoms with Gasteiger partial charge in [-0.2, -0.15) is 0 Å². The first kappa shape index (κ1) is 49.0. The second-order valence-corrected chi connectivity index (χ2v) is 20.8. The fraction of sp³-hybridized carbons (Fsp3) is 0.519. The van der Waals surface area contributed by atoms with Crippen LogP contribution >= 0.6 is 34.5 Å². The number of piperazine rings is 1. The van der Waals surface area contributed by atoms with Crippen LogP contribution in [0.5, 0.6) is 23.1 Å². The fourth-order valence-corrected chi connectivity index (χ4v) is 11.9. The first-order valence-corrected chi connectivity index (χ1v) is 26.1. The van der Waals surface area contributed by atoms with Crippen molar-refractivity contribution in [3.63, 3.8) is 0 Å². The maximum absolute atomic E-state index is 13.4. The molecule has 5 aromatic rings. The molecule has 3 aromatic heterocycles. The molecule has 372 valence electrons. The Kier molecular flexibility index (Phi) is 15.4. The van der Waals surface area contributed by atoms with Gasteiger partial charge in [0.2, 0.25) is 12.0 Å². The zero-order chi connectivity index (χ0) is 48.3. The largest absolute Gasteiger partial charge is 0.490 e. The van der Waals surface area contributed by atoms with E-state index in [-0.39, 0.29) is 43.6 Å². The Hall–Kier alpha value is -4.65. The molecule has 15 nitrogen and oxygen atoms in total. The van der Waals surface area contributed by atoms with Gasteiger partial charge in [0.1, 0.15) is 53.9 Å². The summed E-state index contributed by atoms with van der Waals surface area (Å²) in [6.07, 6.45) is 10.2. The lowest BCUT2D eigenvalue weighted by Crippen LogP contribution is -2.49. The number of fused-ring (bicyclic) bond motifs is 7. The van der Waals surface area contributed by atoms with Gasteiger partial charge in [0.15, 0.2) is 5.75 Å². The molecule has 0 amide bonds. The number of halogens is 2. The van der Waals surface area contributed by atoms with Gasteiger partial charge < -0.3 is 43.2 Å². The number of aromatic nitrogens is 4. The number of rotatable bonds is 11. The summed E-state index contributed by atoms with van der Waals surface area (Å²) >= 11 is 16.3. The number of hydrogen-bond acceptors (Lipinski definition) is 15. The molecule has 70 heavy (non-hydrogen) atoms. The Morgan fingerprint density at radius 1 is 0.943 bits per heavy atom. The fourth-order valence-electron chi connectivity index (χ4n) is 10.2. The number of benzene rings is 2. The van der Waals surface area contributed by atoms with Crippen molar-refractivity contribution in [1.29, 1.82) is 0 Å². The summed E-state index contributed by atoms with van der Waals surface area (Å²) in [5, 5.41) is 12.3. The summed E-state index contributed by atoms with van der Waals surface area (Å²) in [6.45, 7) is 10.7. The highest BCUT2D eigenvalue weighted by Gasteiger charge is 2.33. The SMILES string of the molecule is Cc1c(Cl)c2c(Cl)c(C)c1-c1c(C3=CCCC3)sc3ncnc(c13)O[C@@H](C(=O)O)Cc1cc(ccc1OCc1ccnc(C3CCC(OCC4COCCO4)CC3)n1)OC[C@@H](CN1CCN(C)CC1)O2. The Morgan fingerprint density at radius 3 is 2.50 bits per heavy atom. The zero-order valence-electron chi connectivity index (χ0n) is 39.9. The van der Waals surface area contributed by atoms with Gasteiger partial charge in [0, 0.05) is 67.3 Å². The van der Waals surface area contributed by atoms with Gasteiger partial charge in [-0.15, -0.1) is 11.3 Å². The van der Waals surface area contributed by atoms with Crippen LogP contribution in [0.3, 0.4) is 0 Å². The molecule has 3 fully saturated rings. The van der Waals surface area contributed by atoms with E-state index in [1.807, 2.05) is 38.1 Å². The molecule has 4 aliphatic heterocycles. The molecule has 3 atom stereocenters. The quantitative estimate of drug-likeness (QED) is 0.133. The molecule has 7 heterocycles. The molecule has 6 aliphatic rings. The van der Waals surface area contributed by atoms with E-state index in [1.165, 1.54) is 23.2 Å². The molecule has 0 spiro atoms. The first-order chi connectivity index (χ1) is 34.1. The van der Waals surface area contributed by atoms with E-state index in [0.717, 1.165) is 104 Å². The Labute approximate surface area is 422 Å². The number of nitrogens with zero attached hydrogens (tertiary/aromatic N) is 6. The Balaban J connectivity index is 0.969. The Bertz CT molecular complexity index is 2690. The first-order valence-electron chi connectivity index (χ1n) is 24.5. The number of ether oxygens (including phenoxy) is 7. The third-order valence-electron chi connectivity index (χ3n) is 14.1. The van der Waals surface area contributed by atoms with E-state index in [1.54, 1.807) is 6.20 Å². The van der Waals surface area contributed by atoms with Gasteiger partial charge in [-0.3, -0.25) is 4.90 Å². The Morgan fingerprint density at radius 2 is 1.76 bits per heavy atom. The van der Waals surface area contributed by atoms with Crippen LogP contribution in [0.1, 0.15) is 83.9 Å². The average Bonchev–Trinajstić information content (AvgIpc) is 4.06. The van der Waals surface area contributed by atoms with E-state index in [2.05, 4.69) is 32.9 Å². The van der Waals surface area contributed by atoms with Crippen LogP contribution in [0.25, 0.3) is 26.9 Å². The number of carboxylic acid groups (broad SMARTS) is 1. The second-order valence-electron chi connectivity index (χ2n) is 19.0. The highest BCUT2D eigenvalue weighted by molar-refractivity contribution is 7.20. The molecule has 1 saturated carbocycles. The van der Waals surface area contributed by atoms with E-state index < -0.39 is 18.2 Å². The number of aliphatic carboxylic acids is 1. The van der Waals surface area contributed by atoms with Crippen molar-refractivity contribution in [1.82, 2.24) is 29.7 Å². The van der Waals surface area contributed by atoms with Crippen molar-refractivity contribution >= 4 is 56.3 Å². The molecule has 1 N–H and O–H groups in total. The predicted molar refractivity (Wildman–Crippen MR) is 268 cm³/mol. The van der Waals surface area contributed by atoms with Crippen LogP contribution < -0.4 is 18.9 Å². The average molecular weight is 1020 g/mol. The van der Waals surface area contributed by atoms with Crippen molar-refractivity contribution in [2.24, 2.45) is 0 Å². The minimum Gasteiger partial charge on any atom is -0.490 e.